The molecule has 2 N–H and O–H groups in total. The van der Waals surface area contributed by atoms with Crippen LogP contribution in [0.2, 0.25) is 0 Å². The number of ether oxygens (including phenoxy) is 1. The van der Waals surface area contributed by atoms with Gasteiger partial charge in [0.15, 0.2) is 5.41 Å². The number of hydrogen-bond donors (Lipinski definition) is 2. The van der Waals surface area contributed by atoms with Gasteiger partial charge < -0.3 is 14.9 Å². The lowest BCUT2D eigenvalue weighted by atomic mass is 10.1. The van der Waals surface area contributed by atoms with Gasteiger partial charge in [0.1, 0.15) is 0 Å². The Bertz CT molecular complexity index is 280. The van der Waals surface area contributed by atoms with E-state index in [4.69, 9.17) is 10.2 Å². The van der Waals surface area contributed by atoms with Crippen LogP contribution in [0.1, 0.15) is 13.3 Å². The number of hydrogen-bond acceptors (Lipinski definition) is 4. The third-order valence-electron chi connectivity index (χ3n) is 2.30. The van der Waals surface area contributed by atoms with E-state index in [9.17, 15) is 14.4 Å². The quantitative estimate of drug-likeness (QED) is 0.480. The van der Waals surface area contributed by atoms with E-state index < -0.39 is 29.2 Å². The normalized spacial score (nSPS) is 22.5. The third-order valence-corrected chi connectivity index (χ3v) is 2.30. The number of rotatable bonds is 4. The summed E-state index contributed by atoms with van der Waals surface area (Å²) in [5, 5.41) is 17.3. The highest BCUT2D eigenvalue weighted by Gasteiger charge is 2.71. The molecular weight excluding hydrogens is 192 g/mol. The molecule has 6 nitrogen and oxygen atoms in total. The molecule has 0 unspecified atom stereocenters. The van der Waals surface area contributed by atoms with E-state index in [1.807, 2.05) is 0 Å². The Morgan fingerprint density at radius 3 is 2.14 bits per heavy atom. The summed E-state index contributed by atoms with van der Waals surface area (Å²) in [4.78, 5) is 32.4. The zero-order valence-corrected chi connectivity index (χ0v) is 7.52. The Morgan fingerprint density at radius 2 is 1.86 bits per heavy atom. The first-order valence-corrected chi connectivity index (χ1v) is 4.10. The molecule has 0 aliphatic heterocycles. The second-order valence-electron chi connectivity index (χ2n) is 3.09. The summed E-state index contributed by atoms with van der Waals surface area (Å²) >= 11 is 0. The lowest BCUT2D eigenvalue weighted by molar-refractivity contribution is -0.162. The van der Waals surface area contributed by atoms with Gasteiger partial charge in [-0.05, 0) is 13.3 Å². The predicted octanol–water partition coefficient (Wildman–Crippen LogP) is -0.275. The molecule has 0 amide bonds. The summed E-state index contributed by atoms with van der Waals surface area (Å²) in [6, 6.07) is 0. The number of carbonyl (C=O) groups is 3. The minimum Gasteiger partial charge on any atom is -0.480 e. The van der Waals surface area contributed by atoms with Crippen LogP contribution in [0.5, 0.6) is 0 Å². The number of carbonyl (C=O) groups excluding carboxylic acids is 1. The number of aliphatic carboxylic acids is 2. The maximum absolute atomic E-state index is 11.1. The van der Waals surface area contributed by atoms with Crippen LogP contribution in [0.3, 0.4) is 0 Å². The van der Waals surface area contributed by atoms with Crippen molar-refractivity contribution in [2.75, 3.05) is 6.61 Å². The summed E-state index contributed by atoms with van der Waals surface area (Å²) in [5.41, 5.74) is -1.95. The largest absolute Gasteiger partial charge is 0.480 e. The first-order valence-electron chi connectivity index (χ1n) is 4.10. The van der Waals surface area contributed by atoms with Gasteiger partial charge in [-0.15, -0.1) is 0 Å². The average Bonchev–Trinajstić information content (AvgIpc) is 2.79. The molecule has 1 aliphatic carbocycles. The fraction of sp³-hybridized carbons (Fsp3) is 0.625. The van der Waals surface area contributed by atoms with E-state index in [2.05, 4.69) is 4.74 Å². The van der Waals surface area contributed by atoms with E-state index in [1.165, 1.54) is 0 Å². The molecule has 6 heteroatoms. The van der Waals surface area contributed by atoms with Gasteiger partial charge in [0.2, 0.25) is 0 Å². The summed E-state index contributed by atoms with van der Waals surface area (Å²) in [6.45, 7) is 1.69. The van der Waals surface area contributed by atoms with Gasteiger partial charge in [-0.2, -0.15) is 0 Å². The van der Waals surface area contributed by atoms with Crippen molar-refractivity contribution >= 4 is 17.9 Å². The summed E-state index contributed by atoms with van der Waals surface area (Å²) < 4.78 is 4.56. The standard InChI is InChI=1S/C8H10O6/c1-2-14-5(9)4-3-8(4,6(10)11)7(12)13/h4H,2-3H2,1H3,(H,10,11)(H,12,13)/t4-/m1/s1. The van der Waals surface area contributed by atoms with E-state index in [0.717, 1.165) is 0 Å². The first-order chi connectivity index (χ1) is 6.46. The van der Waals surface area contributed by atoms with Gasteiger partial charge in [-0.1, -0.05) is 0 Å². The Balaban J connectivity index is 2.76. The average molecular weight is 202 g/mol. The molecule has 0 spiro atoms. The van der Waals surface area contributed by atoms with Crippen molar-refractivity contribution in [3.8, 4) is 0 Å². The number of esters is 1. The monoisotopic (exact) mass is 202 g/mol. The first kappa shape index (κ1) is 10.5. The van der Waals surface area contributed by atoms with Crippen LogP contribution < -0.4 is 0 Å². The second kappa shape index (κ2) is 3.28. The highest BCUT2D eigenvalue weighted by molar-refractivity contribution is 6.07. The summed E-state index contributed by atoms with van der Waals surface area (Å²) in [7, 11) is 0. The highest BCUT2D eigenvalue weighted by atomic mass is 16.5. The molecule has 0 aromatic rings. The molecule has 14 heavy (non-hydrogen) atoms. The van der Waals surface area contributed by atoms with E-state index in [1.54, 1.807) is 6.92 Å². The van der Waals surface area contributed by atoms with E-state index >= 15 is 0 Å². The molecule has 1 aliphatic rings. The molecule has 0 aromatic heterocycles. The van der Waals surface area contributed by atoms with Crippen LogP contribution in [0.25, 0.3) is 0 Å². The van der Waals surface area contributed by atoms with Gasteiger partial charge in [-0.3, -0.25) is 14.4 Å². The molecular formula is C8H10O6. The fourth-order valence-corrected chi connectivity index (χ4v) is 1.35. The van der Waals surface area contributed by atoms with E-state index in [-0.39, 0.29) is 13.0 Å². The Hall–Kier alpha value is -1.59. The van der Waals surface area contributed by atoms with Crippen molar-refractivity contribution < 1.29 is 29.3 Å². The number of carboxylic acid groups (broad SMARTS) is 2. The lowest BCUT2D eigenvalue weighted by Crippen LogP contribution is -2.30. The summed E-state index contributed by atoms with van der Waals surface area (Å²) in [5.74, 6) is -4.76. The number of carboxylic acids is 2. The Labute approximate surface area is 79.5 Å². The Kier molecular flexibility index (Phi) is 2.46. The van der Waals surface area contributed by atoms with Gasteiger partial charge in [-0.25, -0.2) is 0 Å². The predicted molar refractivity (Wildman–Crippen MR) is 42.4 cm³/mol. The topological polar surface area (TPSA) is 101 Å². The van der Waals surface area contributed by atoms with Gasteiger partial charge in [0, 0.05) is 0 Å². The molecule has 0 bridgehead atoms. The van der Waals surface area contributed by atoms with Crippen LogP contribution >= 0.6 is 0 Å². The van der Waals surface area contributed by atoms with Crippen molar-refractivity contribution in [3.05, 3.63) is 0 Å². The smallest absolute Gasteiger partial charge is 0.321 e. The zero-order chi connectivity index (χ0) is 10.9. The molecule has 0 radical (unpaired) electrons. The third kappa shape index (κ3) is 1.32. The van der Waals surface area contributed by atoms with Crippen molar-refractivity contribution in [3.63, 3.8) is 0 Å². The molecule has 78 valence electrons. The van der Waals surface area contributed by atoms with Crippen LogP contribution in [-0.2, 0) is 19.1 Å². The molecule has 0 saturated heterocycles. The minimum atomic E-state index is -1.95. The van der Waals surface area contributed by atoms with Crippen molar-refractivity contribution in [2.24, 2.45) is 11.3 Å². The van der Waals surface area contributed by atoms with Crippen LogP contribution in [0.15, 0.2) is 0 Å². The molecule has 1 fully saturated rings. The minimum absolute atomic E-state index is 0.116. The molecule has 0 aromatic carbocycles. The molecule has 1 rings (SSSR count). The fourth-order valence-electron chi connectivity index (χ4n) is 1.35. The van der Waals surface area contributed by atoms with Crippen molar-refractivity contribution in [1.29, 1.82) is 0 Å². The van der Waals surface area contributed by atoms with Gasteiger partial charge in [0.05, 0.1) is 12.5 Å². The Morgan fingerprint density at radius 1 is 1.36 bits per heavy atom. The van der Waals surface area contributed by atoms with Crippen molar-refractivity contribution in [1.82, 2.24) is 0 Å². The second-order valence-corrected chi connectivity index (χ2v) is 3.09. The van der Waals surface area contributed by atoms with Gasteiger partial charge >= 0.3 is 17.9 Å². The highest BCUT2D eigenvalue weighted by Crippen LogP contribution is 2.53. The molecule has 1 atom stereocenters. The SMILES string of the molecule is CCOC(=O)[C@H]1CC1(C(=O)O)C(=O)O. The molecule has 0 heterocycles. The van der Waals surface area contributed by atoms with Crippen LogP contribution in [-0.4, -0.2) is 34.7 Å². The van der Waals surface area contributed by atoms with Crippen LogP contribution in [0.4, 0.5) is 0 Å². The van der Waals surface area contributed by atoms with Crippen LogP contribution in [0, 0.1) is 11.3 Å². The van der Waals surface area contributed by atoms with Gasteiger partial charge in [0.25, 0.3) is 0 Å². The molecule has 1 saturated carbocycles. The summed E-state index contributed by atoms with van der Waals surface area (Å²) in [6.07, 6.45) is -0.184. The van der Waals surface area contributed by atoms with Crippen molar-refractivity contribution in [2.45, 2.75) is 13.3 Å². The maximum atomic E-state index is 11.1. The maximum Gasteiger partial charge on any atom is 0.321 e. The zero-order valence-electron chi connectivity index (χ0n) is 7.52. The lowest BCUT2D eigenvalue weighted by Gasteiger charge is -2.05. The van der Waals surface area contributed by atoms with E-state index in [0.29, 0.717) is 0 Å².